The van der Waals surface area contributed by atoms with Gasteiger partial charge in [-0.3, -0.25) is 10.3 Å². The summed E-state index contributed by atoms with van der Waals surface area (Å²) >= 11 is 0. The maximum Gasteiger partial charge on any atom is 0.431 e. The SMILES string of the molecule is OC1CCCCC(CC2CC(C(F)(F)F)=NN2c2ccccc2)N1. The minimum absolute atomic E-state index is 0.00139. The lowest BCUT2D eigenvalue weighted by atomic mass is 9.98. The van der Waals surface area contributed by atoms with Gasteiger partial charge in [-0.05, 0) is 37.8 Å². The Labute approximate surface area is 139 Å². The molecule has 0 bridgehead atoms. The van der Waals surface area contributed by atoms with Crippen LogP contribution >= 0.6 is 0 Å². The van der Waals surface area contributed by atoms with Gasteiger partial charge >= 0.3 is 6.18 Å². The molecule has 3 rings (SSSR count). The summed E-state index contributed by atoms with van der Waals surface area (Å²) in [6.07, 6.45) is -1.13. The van der Waals surface area contributed by atoms with Crippen LogP contribution in [0, 0.1) is 0 Å². The highest BCUT2D eigenvalue weighted by molar-refractivity contribution is 5.93. The van der Waals surface area contributed by atoms with Gasteiger partial charge in [0.15, 0.2) is 0 Å². The monoisotopic (exact) mass is 341 g/mol. The molecule has 132 valence electrons. The summed E-state index contributed by atoms with van der Waals surface area (Å²) in [5.41, 5.74) is -0.0681. The largest absolute Gasteiger partial charge is 0.431 e. The molecule has 1 aromatic carbocycles. The summed E-state index contributed by atoms with van der Waals surface area (Å²) in [6, 6.07) is 8.60. The molecule has 24 heavy (non-hydrogen) atoms. The molecule has 1 aromatic rings. The molecular formula is C17H22F3N3O. The first kappa shape index (κ1) is 17.2. The van der Waals surface area contributed by atoms with Crippen molar-refractivity contribution in [2.45, 2.75) is 63.0 Å². The fourth-order valence-corrected chi connectivity index (χ4v) is 3.45. The van der Waals surface area contributed by atoms with Crippen molar-refractivity contribution in [1.29, 1.82) is 0 Å². The number of hydrazone groups is 1. The Balaban J connectivity index is 1.78. The van der Waals surface area contributed by atoms with E-state index in [1.165, 1.54) is 5.01 Å². The molecule has 0 amide bonds. The number of anilines is 1. The number of nitrogens with one attached hydrogen (secondary N) is 1. The van der Waals surface area contributed by atoms with Crippen molar-refractivity contribution in [2.75, 3.05) is 5.01 Å². The molecule has 0 aliphatic carbocycles. The number of para-hydroxylation sites is 1. The first-order valence-electron chi connectivity index (χ1n) is 8.36. The number of halogens is 3. The lowest BCUT2D eigenvalue weighted by Gasteiger charge is -2.28. The Hall–Kier alpha value is -1.60. The van der Waals surface area contributed by atoms with E-state index < -0.39 is 18.1 Å². The van der Waals surface area contributed by atoms with Gasteiger partial charge in [-0.15, -0.1) is 0 Å². The fraction of sp³-hybridized carbons (Fsp3) is 0.588. The Kier molecular flexibility index (Phi) is 5.10. The minimum atomic E-state index is -4.40. The summed E-state index contributed by atoms with van der Waals surface area (Å²) in [5, 5.41) is 18.3. The van der Waals surface area contributed by atoms with Crippen molar-refractivity contribution < 1.29 is 18.3 Å². The average molecular weight is 341 g/mol. The number of rotatable bonds is 3. The van der Waals surface area contributed by atoms with Crippen LogP contribution in [0.1, 0.15) is 38.5 Å². The number of aliphatic hydroxyl groups is 1. The van der Waals surface area contributed by atoms with Crippen LogP contribution in [0.15, 0.2) is 35.4 Å². The van der Waals surface area contributed by atoms with Gasteiger partial charge in [0.25, 0.3) is 0 Å². The zero-order valence-electron chi connectivity index (χ0n) is 13.3. The molecule has 1 saturated heterocycles. The summed E-state index contributed by atoms with van der Waals surface area (Å²) < 4.78 is 39.3. The Morgan fingerprint density at radius 1 is 1.17 bits per heavy atom. The van der Waals surface area contributed by atoms with Crippen LogP contribution in [0.2, 0.25) is 0 Å². The van der Waals surface area contributed by atoms with Crippen molar-refractivity contribution >= 4 is 11.4 Å². The van der Waals surface area contributed by atoms with Crippen LogP contribution in [0.3, 0.4) is 0 Å². The van der Waals surface area contributed by atoms with E-state index in [1.807, 2.05) is 6.07 Å². The standard InChI is InChI=1S/C17H22F3N3O/c18-17(19,20)15-11-14(10-12-6-4-5-9-16(24)21-12)23(22-15)13-7-2-1-3-8-13/h1-3,7-8,12,14,16,21,24H,4-6,9-11H2. The molecule has 0 spiro atoms. The number of benzene rings is 1. The van der Waals surface area contributed by atoms with Crippen molar-refractivity contribution in [1.82, 2.24) is 5.32 Å². The Morgan fingerprint density at radius 3 is 2.58 bits per heavy atom. The second-order valence-corrected chi connectivity index (χ2v) is 6.48. The van der Waals surface area contributed by atoms with Gasteiger partial charge in [-0.1, -0.05) is 24.6 Å². The highest BCUT2D eigenvalue weighted by Gasteiger charge is 2.43. The van der Waals surface area contributed by atoms with Gasteiger partial charge in [0.1, 0.15) is 11.9 Å². The molecule has 2 aliphatic rings. The molecule has 2 N–H and O–H groups in total. The maximum atomic E-state index is 13.1. The number of hydrogen-bond acceptors (Lipinski definition) is 4. The van der Waals surface area contributed by atoms with Crippen molar-refractivity contribution in [3.63, 3.8) is 0 Å². The van der Waals surface area contributed by atoms with Gasteiger partial charge in [0.05, 0.1) is 11.7 Å². The van der Waals surface area contributed by atoms with E-state index in [1.54, 1.807) is 24.3 Å². The molecule has 7 heteroatoms. The van der Waals surface area contributed by atoms with E-state index in [9.17, 15) is 18.3 Å². The highest BCUT2D eigenvalue weighted by atomic mass is 19.4. The third-order valence-corrected chi connectivity index (χ3v) is 4.62. The van der Waals surface area contributed by atoms with Crippen LogP contribution in [-0.4, -0.2) is 35.3 Å². The Morgan fingerprint density at radius 2 is 1.88 bits per heavy atom. The number of nitrogens with zero attached hydrogens (tertiary/aromatic N) is 2. The fourth-order valence-electron chi connectivity index (χ4n) is 3.45. The van der Waals surface area contributed by atoms with Crippen LogP contribution in [0.4, 0.5) is 18.9 Å². The summed E-state index contributed by atoms with van der Waals surface area (Å²) in [6.45, 7) is 0. The van der Waals surface area contributed by atoms with Crippen LogP contribution in [0.25, 0.3) is 0 Å². The second kappa shape index (κ2) is 7.11. The number of hydrogen-bond donors (Lipinski definition) is 2. The van der Waals surface area contributed by atoms with E-state index in [4.69, 9.17) is 0 Å². The first-order valence-corrected chi connectivity index (χ1v) is 8.36. The number of alkyl halides is 3. The van der Waals surface area contributed by atoms with Crippen molar-refractivity contribution in [3.8, 4) is 0 Å². The van der Waals surface area contributed by atoms with E-state index in [0.29, 0.717) is 18.5 Å². The smallest absolute Gasteiger partial charge is 0.379 e. The molecule has 0 radical (unpaired) electrons. The molecule has 4 nitrogen and oxygen atoms in total. The maximum absolute atomic E-state index is 13.1. The molecule has 2 heterocycles. The van der Waals surface area contributed by atoms with E-state index in [0.717, 1.165) is 19.3 Å². The molecule has 0 aromatic heterocycles. The Bertz CT molecular complexity index is 576. The van der Waals surface area contributed by atoms with E-state index in [-0.39, 0.29) is 18.5 Å². The summed E-state index contributed by atoms with van der Waals surface area (Å²) in [4.78, 5) is 0. The van der Waals surface area contributed by atoms with E-state index in [2.05, 4.69) is 10.4 Å². The van der Waals surface area contributed by atoms with Gasteiger partial charge < -0.3 is 5.11 Å². The number of aliphatic hydroxyl groups excluding tert-OH is 1. The molecule has 3 atom stereocenters. The van der Waals surface area contributed by atoms with Crippen LogP contribution in [0.5, 0.6) is 0 Å². The quantitative estimate of drug-likeness (QED) is 0.886. The molecule has 0 saturated carbocycles. The molecule has 3 unspecified atom stereocenters. The average Bonchev–Trinajstić information content (AvgIpc) is 2.85. The van der Waals surface area contributed by atoms with Gasteiger partial charge in [-0.2, -0.15) is 18.3 Å². The highest BCUT2D eigenvalue weighted by Crippen LogP contribution is 2.33. The predicted molar refractivity (Wildman–Crippen MR) is 86.8 cm³/mol. The normalized spacial score (nSPS) is 28.6. The minimum Gasteiger partial charge on any atom is -0.379 e. The molecule has 1 fully saturated rings. The van der Waals surface area contributed by atoms with E-state index >= 15 is 0 Å². The lowest BCUT2D eigenvalue weighted by Crippen LogP contribution is -2.41. The van der Waals surface area contributed by atoms with Crippen LogP contribution < -0.4 is 10.3 Å². The topological polar surface area (TPSA) is 47.9 Å². The first-order chi connectivity index (χ1) is 11.4. The summed E-state index contributed by atoms with van der Waals surface area (Å²) in [5.74, 6) is 0. The van der Waals surface area contributed by atoms with Gasteiger partial charge in [0.2, 0.25) is 0 Å². The molecular weight excluding hydrogens is 319 g/mol. The zero-order chi connectivity index (χ0) is 17.2. The molecule has 2 aliphatic heterocycles. The third-order valence-electron chi connectivity index (χ3n) is 4.62. The van der Waals surface area contributed by atoms with Crippen molar-refractivity contribution in [3.05, 3.63) is 30.3 Å². The lowest BCUT2D eigenvalue weighted by molar-refractivity contribution is -0.0600. The second-order valence-electron chi connectivity index (χ2n) is 6.48. The van der Waals surface area contributed by atoms with Gasteiger partial charge in [-0.25, -0.2) is 0 Å². The summed E-state index contributed by atoms with van der Waals surface area (Å²) in [7, 11) is 0. The van der Waals surface area contributed by atoms with Gasteiger partial charge in [0, 0.05) is 12.5 Å². The third kappa shape index (κ3) is 4.08. The predicted octanol–water partition coefficient (Wildman–Crippen LogP) is 3.42. The van der Waals surface area contributed by atoms with Crippen LogP contribution in [-0.2, 0) is 0 Å². The van der Waals surface area contributed by atoms with Crippen molar-refractivity contribution in [2.24, 2.45) is 5.10 Å². The zero-order valence-corrected chi connectivity index (χ0v) is 13.3.